The van der Waals surface area contributed by atoms with Gasteiger partial charge in [-0.25, -0.2) is 10.4 Å². The Labute approximate surface area is 176 Å². The van der Waals surface area contributed by atoms with Crippen LogP contribution in [0.1, 0.15) is 41.8 Å². The number of fused-ring (bicyclic) bond motifs is 3. The van der Waals surface area contributed by atoms with Gasteiger partial charge in [0.1, 0.15) is 10.9 Å². The molecule has 0 bridgehead atoms. The number of amides is 1. The van der Waals surface area contributed by atoms with Crippen molar-refractivity contribution in [3.8, 4) is 11.5 Å². The molecule has 9 heteroatoms. The number of rotatable bonds is 5. The average molecular weight is 426 g/mol. The first kappa shape index (κ1) is 20.1. The van der Waals surface area contributed by atoms with Crippen molar-refractivity contribution in [1.82, 2.24) is 15.0 Å². The maximum Gasteiger partial charge on any atom is 0.263 e. The number of nitrogens with one attached hydrogen (secondary N) is 1. The van der Waals surface area contributed by atoms with E-state index in [0.29, 0.717) is 16.7 Å². The van der Waals surface area contributed by atoms with Crippen molar-refractivity contribution in [1.29, 1.82) is 0 Å². The Hall–Kier alpha value is -3.20. The zero-order valence-electron chi connectivity index (χ0n) is 16.7. The van der Waals surface area contributed by atoms with E-state index in [2.05, 4.69) is 15.5 Å². The minimum atomic E-state index is -0.764. The van der Waals surface area contributed by atoms with Crippen molar-refractivity contribution < 1.29 is 14.6 Å². The second-order valence-electron chi connectivity index (χ2n) is 7.19. The van der Waals surface area contributed by atoms with Crippen LogP contribution >= 0.6 is 11.3 Å². The monoisotopic (exact) mass is 426 g/mol. The summed E-state index contributed by atoms with van der Waals surface area (Å²) in [6, 6.07) is 3.95. The Morgan fingerprint density at radius 2 is 2.20 bits per heavy atom. The number of aromatic hydroxyl groups is 1. The average Bonchev–Trinajstić information content (AvgIpc) is 3.14. The number of carbonyl (C=O) groups is 1. The minimum absolute atomic E-state index is 0.0187. The number of carbonyl (C=O) groups excluding carboxylic acids is 1. The van der Waals surface area contributed by atoms with E-state index in [9.17, 15) is 14.7 Å². The van der Waals surface area contributed by atoms with Crippen LogP contribution in [0.2, 0.25) is 0 Å². The van der Waals surface area contributed by atoms with Gasteiger partial charge in [0, 0.05) is 4.88 Å². The number of phenolic OH excluding ortho intramolecular Hbond substituents is 1. The van der Waals surface area contributed by atoms with Crippen LogP contribution in [0.5, 0.6) is 11.5 Å². The molecule has 8 nitrogen and oxygen atoms in total. The Bertz CT molecular complexity index is 1200. The van der Waals surface area contributed by atoms with E-state index in [1.165, 1.54) is 35.2 Å². The molecule has 1 unspecified atom stereocenters. The van der Waals surface area contributed by atoms with Crippen LogP contribution in [0.4, 0.5) is 0 Å². The summed E-state index contributed by atoms with van der Waals surface area (Å²) in [6.07, 6.45) is 6.95. The van der Waals surface area contributed by atoms with E-state index in [1.807, 2.05) is 0 Å². The predicted octanol–water partition coefficient (Wildman–Crippen LogP) is 2.76. The SMILES string of the molecule is COc1cc(C=NNC(=O)C(C)n2cnc3sc4c(c3c2=O)CCCC4)ccc1O. The maximum absolute atomic E-state index is 13.1. The van der Waals surface area contributed by atoms with Crippen LogP contribution in [0.25, 0.3) is 10.2 Å². The molecule has 30 heavy (non-hydrogen) atoms. The molecule has 0 spiro atoms. The van der Waals surface area contributed by atoms with Gasteiger partial charge in [0.05, 0.1) is 25.0 Å². The van der Waals surface area contributed by atoms with Crippen LogP contribution in [-0.2, 0) is 17.6 Å². The maximum atomic E-state index is 13.1. The molecule has 156 valence electrons. The highest BCUT2D eigenvalue weighted by Crippen LogP contribution is 2.33. The molecular weight excluding hydrogens is 404 g/mol. The van der Waals surface area contributed by atoms with E-state index >= 15 is 0 Å². The quantitative estimate of drug-likeness (QED) is 0.482. The van der Waals surface area contributed by atoms with E-state index < -0.39 is 11.9 Å². The second-order valence-corrected chi connectivity index (χ2v) is 8.27. The number of ether oxygens (including phenoxy) is 1. The summed E-state index contributed by atoms with van der Waals surface area (Å²) < 4.78 is 6.41. The van der Waals surface area contributed by atoms with Crippen molar-refractivity contribution >= 4 is 33.7 Å². The largest absolute Gasteiger partial charge is 0.504 e. The smallest absolute Gasteiger partial charge is 0.263 e. The first-order valence-electron chi connectivity index (χ1n) is 9.71. The highest BCUT2D eigenvalue weighted by atomic mass is 32.1. The van der Waals surface area contributed by atoms with Gasteiger partial charge in [0.2, 0.25) is 0 Å². The fourth-order valence-corrected chi connectivity index (χ4v) is 4.82. The number of phenols is 1. The summed E-state index contributed by atoms with van der Waals surface area (Å²) in [7, 11) is 1.45. The predicted molar refractivity (Wildman–Crippen MR) is 116 cm³/mol. The van der Waals surface area contributed by atoms with E-state index in [4.69, 9.17) is 4.74 Å². The molecule has 0 saturated heterocycles. The molecular formula is C21H22N4O4S. The summed E-state index contributed by atoms with van der Waals surface area (Å²) in [6.45, 7) is 1.64. The van der Waals surface area contributed by atoms with Gasteiger partial charge in [-0.05, 0) is 61.9 Å². The van der Waals surface area contributed by atoms with Crippen LogP contribution < -0.4 is 15.7 Å². The van der Waals surface area contributed by atoms with Gasteiger partial charge < -0.3 is 9.84 Å². The zero-order chi connectivity index (χ0) is 21.3. The molecule has 1 aliphatic rings. The van der Waals surface area contributed by atoms with Gasteiger partial charge in [-0.15, -0.1) is 11.3 Å². The molecule has 1 aromatic carbocycles. The van der Waals surface area contributed by atoms with Gasteiger partial charge in [-0.1, -0.05) is 0 Å². The fraction of sp³-hybridized carbons (Fsp3) is 0.333. The lowest BCUT2D eigenvalue weighted by Crippen LogP contribution is -2.34. The fourth-order valence-electron chi connectivity index (χ4n) is 3.60. The number of nitrogens with zero attached hydrogens (tertiary/aromatic N) is 3. The molecule has 3 aromatic rings. The highest BCUT2D eigenvalue weighted by Gasteiger charge is 2.23. The minimum Gasteiger partial charge on any atom is -0.504 e. The molecule has 4 rings (SSSR count). The highest BCUT2D eigenvalue weighted by molar-refractivity contribution is 7.18. The lowest BCUT2D eigenvalue weighted by molar-refractivity contribution is -0.123. The van der Waals surface area contributed by atoms with Crippen LogP contribution in [0.15, 0.2) is 34.4 Å². The van der Waals surface area contributed by atoms with Gasteiger partial charge in [0.25, 0.3) is 11.5 Å². The normalized spacial score (nSPS) is 14.6. The first-order chi connectivity index (χ1) is 14.5. The molecule has 0 radical (unpaired) electrons. The number of methoxy groups -OCH3 is 1. The summed E-state index contributed by atoms with van der Waals surface area (Å²) in [5.74, 6) is -0.0989. The van der Waals surface area contributed by atoms with E-state index in [0.717, 1.165) is 36.1 Å². The summed E-state index contributed by atoms with van der Waals surface area (Å²) >= 11 is 1.58. The number of hydrogen-bond acceptors (Lipinski definition) is 7. The third-order valence-corrected chi connectivity index (χ3v) is 6.49. The summed E-state index contributed by atoms with van der Waals surface area (Å²) in [4.78, 5) is 32.0. The number of aromatic nitrogens is 2. The lowest BCUT2D eigenvalue weighted by Gasteiger charge is -2.14. The Balaban J connectivity index is 1.53. The summed E-state index contributed by atoms with van der Waals surface area (Å²) in [5, 5.41) is 14.2. The topological polar surface area (TPSA) is 106 Å². The first-order valence-corrected chi connectivity index (χ1v) is 10.5. The Morgan fingerprint density at radius 1 is 1.40 bits per heavy atom. The lowest BCUT2D eigenvalue weighted by atomic mass is 9.97. The molecule has 1 atom stereocenters. The van der Waals surface area contributed by atoms with E-state index in [-0.39, 0.29) is 11.3 Å². The second kappa shape index (κ2) is 8.27. The molecule has 2 N–H and O–H groups in total. The number of thiophene rings is 1. The summed E-state index contributed by atoms with van der Waals surface area (Å²) in [5.41, 5.74) is 4.01. The molecule has 0 fully saturated rings. The number of hydrazone groups is 1. The standard InChI is InChI=1S/C21H22N4O4S/c1-12(19(27)24-23-10-13-7-8-15(26)16(9-13)29-2)25-11-22-20-18(21(25)28)14-5-3-4-6-17(14)30-20/h7-12,26H,3-6H2,1-2H3,(H,24,27). The van der Waals surface area contributed by atoms with Crippen molar-refractivity contribution in [2.45, 2.75) is 38.6 Å². The van der Waals surface area contributed by atoms with Crippen LogP contribution in [-0.4, -0.2) is 33.9 Å². The van der Waals surface area contributed by atoms with E-state index in [1.54, 1.807) is 30.4 Å². The zero-order valence-corrected chi connectivity index (χ0v) is 17.5. The number of benzene rings is 1. The molecule has 1 amide bonds. The van der Waals surface area contributed by atoms with Gasteiger partial charge in [-0.2, -0.15) is 5.10 Å². The molecule has 0 saturated carbocycles. The molecule has 2 heterocycles. The van der Waals surface area contributed by atoms with Crippen LogP contribution in [0, 0.1) is 0 Å². The Kier molecular flexibility index (Phi) is 5.54. The van der Waals surface area contributed by atoms with Gasteiger partial charge >= 0.3 is 0 Å². The van der Waals surface area contributed by atoms with Crippen molar-refractivity contribution in [3.63, 3.8) is 0 Å². The molecule has 2 aromatic heterocycles. The van der Waals surface area contributed by atoms with Crippen LogP contribution in [0.3, 0.4) is 0 Å². The van der Waals surface area contributed by atoms with Crippen molar-refractivity contribution in [2.75, 3.05) is 7.11 Å². The number of hydrogen-bond donors (Lipinski definition) is 2. The van der Waals surface area contributed by atoms with Gasteiger partial charge in [0.15, 0.2) is 11.5 Å². The third kappa shape index (κ3) is 3.68. The third-order valence-electron chi connectivity index (χ3n) is 5.29. The van der Waals surface area contributed by atoms with Crippen molar-refractivity contribution in [3.05, 3.63) is 50.9 Å². The number of aryl methyl sites for hydroxylation is 2. The molecule has 0 aliphatic heterocycles. The van der Waals surface area contributed by atoms with Crippen molar-refractivity contribution in [2.24, 2.45) is 5.10 Å². The van der Waals surface area contributed by atoms with Gasteiger partial charge in [-0.3, -0.25) is 14.2 Å². The molecule has 1 aliphatic carbocycles. The Morgan fingerprint density at radius 3 is 3.00 bits per heavy atom.